The number of fused-ring (bicyclic) bond motifs is 5. The van der Waals surface area contributed by atoms with E-state index in [0.29, 0.717) is 10.8 Å². The predicted octanol–water partition coefficient (Wildman–Crippen LogP) is 1.57. The van der Waals surface area contributed by atoms with Crippen molar-refractivity contribution in [3.8, 4) is 0 Å². The number of hydrogen-bond acceptors (Lipinski definition) is 2. The number of quaternary nitrogens is 1. The molecule has 0 unspecified atom stereocenters. The SMILES string of the molecule is CC(=O)O[C@H]1CC[C@@]2(C)C(=CC[C@H]3[C@@H]4CC[N+](C)(C)C[C@@]4(C)CC[C@@H]32)C1.[I-]. The number of likely N-dealkylation sites (tertiary alicyclic amines) is 1. The van der Waals surface area contributed by atoms with Crippen LogP contribution in [0.15, 0.2) is 11.6 Å². The summed E-state index contributed by atoms with van der Waals surface area (Å²) in [6.45, 7) is 9.36. The fourth-order valence-electron chi connectivity index (χ4n) is 7.66. The van der Waals surface area contributed by atoms with Gasteiger partial charge in [0.1, 0.15) is 6.10 Å². The molecule has 4 aliphatic rings. The molecule has 4 heteroatoms. The third-order valence-corrected chi connectivity index (χ3v) is 8.74. The molecule has 0 N–H and O–H groups in total. The van der Waals surface area contributed by atoms with Gasteiger partial charge in [-0.15, -0.1) is 0 Å². The molecule has 2 saturated carbocycles. The van der Waals surface area contributed by atoms with E-state index in [0.717, 1.165) is 30.6 Å². The average molecular weight is 487 g/mol. The van der Waals surface area contributed by atoms with E-state index in [2.05, 4.69) is 34.0 Å². The molecule has 4 rings (SSSR count). The molecule has 3 nitrogen and oxygen atoms in total. The second-order valence-electron chi connectivity index (χ2n) is 11.0. The topological polar surface area (TPSA) is 26.3 Å². The number of ether oxygens (including phenoxy) is 1. The van der Waals surface area contributed by atoms with Crippen LogP contribution in [0, 0.1) is 28.6 Å². The highest BCUT2D eigenvalue weighted by molar-refractivity contribution is 5.66. The third-order valence-electron chi connectivity index (χ3n) is 8.74. The summed E-state index contributed by atoms with van der Waals surface area (Å²) in [6, 6.07) is 0. The lowest BCUT2D eigenvalue weighted by Crippen LogP contribution is -3.00. The van der Waals surface area contributed by atoms with Gasteiger partial charge in [0.25, 0.3) is 0 Å². The van der Waals surface area contributed by atoms with Gasteiger partial charge in [0.05, 0.1) is 27.2 Å². The number of carbonyl (C=O) groups excluding carboxylic acids is 1. The predicted molar refractivity (Wildman–Crippen MR) is 104 cm³/mol. The summed E-state index contributed by atoms with van der Waals surface area (Å²) in [4.78, 5) is 11.4. The molecule has 1 aliphatic heterocycles. The Morgan fingerprint density at radius 2 is 1.89 bits per heavy atom. The van der Waals surface area contributed by atoms with Gasteiger partial charge in [0.2, 0.25) is 0 Å². The van der Waals surface area contributed by atoms with E-state index in [-0.39, 0.29) is 36.0 Å². The van der Waals surface area contributed by atoms with Crippen molar-refractivity contribution >= 4 is 5.97 Å². The monoisotopic (exact) mass is 487 g/mol. The Labute approximate surface area is 182 Å². The van der Waals surface area contributed by atoms with Gasteiger partial charge in [-0.2, -0.15) is 0 Å². The number of esters is 1. The molecule has 3 fully saturated rings. The zero-order valence-corrected chi connectivity index (χ0v) is 20.0. The van der Waals surface area contributed by atoms with Crippen LogP contribution in [0.2, 0.25) is 0 Å². The Balaban J connectivity index is 0.00000210. The Bertz CT molecular complexity index is 630. The molecule has 27 heavy (non-hydrogen) atoms. The highest BCUT2D eigenvalue weighted by Gasteiger charge is 2.57. The summed E-state index contributed by atoms with van der Waals surface area (Å²) in [7, 11) is 4.84. The van der Waals surface area contributed by atoms with E-state index < -0.39 is 0 Å². The molecule has 0 aromatic carbocycles. The van der Waals surface area contributed by atoms with Crippen LogP contribution in [0.5, 0.6) is 0 Å². The van der Waals surface area contributed by atoms with Gasteiger partial charge in [-0.25, -0.2) is 0 Å². The van der Waals surface area contributed by atoms with E-state index in [4.69, 9.17) is 4.74 Å². The fraction of sp³-hybridized carbons (Fsp3) is 0.870. The number of hydrogen-bond donors (Lipinski definition) is 0. The lowest BCUT2D eigenvalue weighted by molar-refractivity contribution is -0.905. The first-order chi connectivity index (χ1) is 12.1. The third kappa shape index (κ3) is 3.74. The first-order valence-electron chi connectivity index (χ1n) is 10.8. The number of carbonyl (C=O) groups is 1. The summed E-state index contributed by atoms with van der Waals surface area (Å²) in [6.07, 6.45) is 11.4. The minimum absolute atomic E-state index is 0. The van der Waals surface area contributed by atoms with Crippen molar-refractivity contribution in [1.29, 1.82) is 0 Å². The van der Waals surface area contributed by atoms with Crippen molar-refractivity contribution in [3.05, 3.63) is 11.6 Å². The van der Waals surface area contributed by atoms with Crippen LogP contribution in [0.4, 0.5) is 0 Å². The molecule has 0 amide bonds. The van der Waals surface area contributed by atoms with Crippen molar-refractivity contribution < 1.29 is 38.0 Å². The largest absolute Gasteiger partial charge is 1.00 e. The van der Waals surface area contributed by atoms with E-state index >= 15 is 0 Å². The van der Waals surface area contributed by atoms with Gasteiger partial charge in [-0.05, 0) is 55.3 Å². The molecular weight excluding hydrogens is 449 g/mol. The molecule has 154 valence electrons. The highest BCUT2D eigenvalue weighted by atomic mass is 127. The Morgan fingerprint density at radius 3 is 2.59 bits per heavy atom. The summed E-state index contributed by atoms with van der Waals surface area (Å²) < 4.78 is 6.77. The summed E-state index contributed by atoms with van der Waals surface area (Å²) >= 11 is 0. The fourth-order valence-corrected chi connectivity index (χ4v) is 7.66. The summed E-state index contributed by atoms with van der Waals surface area (Å²) in [5.41, 5.74) is 2.48. The summed E-state index contributed by atoms with van der Waals surface area (Å²) in [5, 5.41) is 0. The van der Waals surface area contributed by atoms with Gasteiger partial charge in [0, 0.05) is 25.2 Å². The van der Waals surface area contributed by atoms with Gasteiger partial charge in [-0.3, -0.25) is 4.79 Å². The minimum atomic E-state index is -0.121. The van der Waals surface area contributed by atoms with Gasteiger partial charge in [0.15, 0.2) is 0 Å². The van der Waals surface area contributed by atoms with Crippen molar-refractivity contribution in [1.82, 2.24) is 0 Å². The van der Waals surface area contributed by atoms with E-state index in [1.165, 1.54) is 49.7 Å². The van der Waals surface area contributed by atoms with Crippen molar-refractivity contribution in [2.45, 2.75) is 71.8 Å². The highest BCUT2D eigenvalue weighted by Crippen LogP contribution is 2.63. The standard InChI is InChI=1S/C23H38NO2.HI/c1-16(25)26-18-8-12-23(3)17(14-18)6-7-19-20-10-13-24(4,5)15-22(20,2)11-9-21(19)23;/h6,18-21H,7-15H2,1-5H3;1H/q+1;/p-1/t18-,19-,20-,21-,22+,23-;/m0./s1. The number of nitrogens with zero attached hydrogens (tertiary/aromatic N) is 1. The number of allylic oxidation sites excluding steroid dienone is 1. The zero-order valence-electron chi connectivity index (χ0n) is 17.9. The maximum Gasteiger partial charge on any atom is 0.302 e. The van der Waals surface area contributed by atoms with E-state index in [1.54, 1.807) is 12.5 Å². The van der Waals surface area contributed by atoms with E-state index in [9.17, 15) is 4.79 Å². The zero-order chi connectivity index (χ0) is 18.7. The van der Waals surface area contributed by atoms with Crippen molar-refractivity contribution in [3.63, 3.8) is 0 Å². The minimum Gasteiger partial charge on any atom is -1.00 e. The van der Waals surface area contributed by atoms with Crippen molar-refractivity contribution in [2.24, 2.45) is 28.6 Å². The van der Waals surface area contributed by atoms with Crippen LogP contribution < -0.4 is 24.0 Å². The number of rotatable bonds is 1. The first kappa shape index (κ1) is 21.6. The summed E-state index contributed by atoms with van der Waals surface area (Å²) in [5.74, 6) is 2.48. The normalized spacial score (nSPS) is 45.3. The molecule has 0 spiro atoms. The van der Waals surface area contributed by atoms with Crippen molar-refractivity contribution in [2.75, 3.05) is 27.2 Å². The number of piperidine rings is 1. The lowest BCUT2D eigenvalue weighted by Gasteiger charge is -2.61. The molecule has 1 heterocycles. The average Bonchev–Trinajstić information content (AvgIpc) is 2.52. The van der Waals surface area contributed by atoms with Gasteiger partial charge in [-0.1, -0.05) is 25.5 Å². The second-order valence-corrected chi connectivity index (χ2v) is 11.0. The first-order valence-corrected chi connectivity index (χ1v) is 10.8. The van der Waals surface area contributed by atoms with Gasteiger partial charge >= 0.3 is 5.97 Å². The Kier molecular flexibility index (Phi) is 5.84. The maximum atomic E-state index is 11.4. The van der Waals surface area contributed by atoms with Crippen LogP contribution in [0.1, 0.15) is 65.7 Å². The molecular formula is C23H38INO2. The Hall–Kier alpha value is -0.100. The van der Waals surface area contributed by atoms with Gasteiger partial charge < -0.3 is 33.2 Å². The number of halogens is 1. The second kappa shape index (κ2) is 7.30. The maximum absolute atomic E-state index is 11.4. The lowest BCUT2D eigenvalue weighted by atomic mass is 9.46. The molecule has 1 saturated heterocycles. The molecule has 0 aromatic heterocycles. The Morgan fingerprint density at radius 1 is 1.15 bits per heavy atom. The molecule has 0 aromatic rings. The quantitative estimate of drug-likeness (QED) is 0.243. The van der Waals surface area contributed by atoms with Crippen LogP contribution >= 0.6 is 0 Å². The van der Waals surface area contributed by atoms with E-state index in [1.807, 2.05) is 0 Å². The van der Waals surface area contributed by atoms with Crippen LogP contribution in [-0.4, -0.2) is 43.7 Å². The smallest absolute Gasteiger partial charge is 0.302 e. The van der Waals surface area contributed by atoms with Crippen LogP contribution in [0.3, 0.4) is 0 Å². The molecule has 3 aliphatic carbocycles. The molecule has 6 atom stereocenters. The van der Waals surface area contributed by atoms with Crippen LogP contribution in [-0.2, 0) is 9.53 Å². The van der Waals surface area contributed by atoms with Crippen LogP contribution in [0.25, 0.3) is 0 Å². The molecule has 0 bridgehead atoms. The molecule has 0 radical (unpaired) electrons.